The second-order valence-corrected chi connectivity index (χ2v) is 10.7. The molecule has 1 heterocycles. The molecule has 2 N–H and O–H groups in total. The molecule has 0 radical (unpaired) electrons. The molecule has 0 aliphatic heterocycles. The van der Waals surface area contributed by atoms with E-state index in [0.29, 0.717) is 10.7 Å². The van der Waals surface area contributed by atoms with E-state index >= 15 is 0 Å². The van der Waals surface area contributed by atoms with E-state index in [9.17, 15) is 18.0 Å². The maximum absolute atomic E-state index is 12.9. The summed E-state index contributed by atoms with van der Waals surface area (Å²) in [7, 11) is -3.82. The molecule has 0 bridgehead atoms. The Morgan fingerprint density at radius 1 is 0.944 bits per heavy atom. The molecule has 0 atom stereocenters. The summed E-state index contributed by atoms with van der Waals surface area (Å²) in [5.41, 5.74) is 1.82. The second-order valence-electron chi connectivity index (χ2n) is 7.53. The molecule has 0 unspecified atom stereocenters. The van der Waals surface area contributed by atoms with Crippen molar-refractivity contribution in [2.75, 3.05) is 16.6 Å². The number of rotatable bonds is 8. The van der Waals surface area contributed by atoms with Crippen LogP contribution in [0, 0.1) is 0 Å². The minimum Gasteiger partial charge on any atom is -0.462 e. The number of sulfonamides is 1. The van der Waals surface area contributed by atoms with Crippen LogP contribution in [0.3, 0.4) is 0 Å². The molecule has 0 aliphatic rings. The highest BCUT2D eigenvalue weighted by Gasteiger charge is 2.21. The predicted octanol–water partition coefficient (Wildman–Crippen LogP) is 6.30. The Morgan fingerprint density at radius 3 is 2.25 bits per heavy atom. The number of thiophene rings is 1. The van der Waals surface area contributed by atoms with Gasteiger partial charge in [-0.15, -0.1) is 11.3 Å². The van der Waals surface area contributed by atoms with Crippen molar-refractivity contribution in [2.45, 2.75) is 11.8 Å². The Morgan fingerprint density at radius 2 is 1.61 bits per heavy atom. The number of halogens is 1. The van der Waals surface area contributed by atoms with Crippen LogP contribution in [0.2, 0.25) is 5.02 Å². The summed E-state index contributed by atoms with van der Waals surface area (Å²) in [4.78, 5) is 26.6. The molecule has 0 saturated heterocycles. The van der Waals surface area contributed by atoms with E-state index < -0.39 is 21.9 Å². The van der Waals surface area contributed by atoms with Gasteiger partial charge in [0.15, 0.2) is 0 Å². The van der Waals surface area contributed by atoms with E-state index in [1.807, 2.05) is 30.3 Å². The minimum atomic E-state index is -3.82. The fraction of sp³-hybridized carbons (Fsp3) is 0.0769. The smallest absolute Gasteiger partial charge is 0.350 e. The summed E-state index contributed by atoms with van der Waals surface area (Å²) >= 11 is 7.06. The number of carbonyl (C=O) groups excluding carboxylic acids is 2. The fourth-order valence-corrected chi connectivity index (χ4v) is 5.49. The molecule has 3 aromatic carbocycles. The van der Waals surface area contributed by atoms with Gasteiger partial charge in [0, 0.05) is 21.2 Å². The van der Waals surface area contributed by atoms with Crippen LogP contribution in [0.4, 0.5) is 11.4 Å². The molecular weight excluding hydrogens is 520 g/mol. The quantitative estimate of drug-likeness (QED) is 0.255. The van der Waals surface area contributed by atoms with E-state index in [1.165, 1.54) is 59.9 Å². The highest BCUT2D eigenvalue weighted by atomic mass is 35.5. The van der Waals surface area contributed by atoms with Crippen molar-refractivity contribution < 1.29 is 22.7 Å². The first-order valence-corrected chi connectivity index (χ1v) is 13.5. The van der Waals surface area contributed by atoms with Crippen LogP contribution >= 0.6 is 22.9 Å². The largest absolute Gasteiger partial charge is 0.462 e. The Labute approximate surface area is 217 Å². The summed E-state index contributed by atoms with van der Waals surface area (Å²) in [6, 6.07) is 23.0. The van der Waals surface area contributed by atoms with Crippen LogP contribution in [0.25, 0.3) is 10.4 Å². The lowest BCUT2D eigenvalue weighted by Crippen LogP contribution is -2.15. The molecule has 0 spiro atoms. The number of anilines is 2. The monoisotopic (exact) mass is 540 g/mol. The van der Waals surface area contributed by atoms with Gasteiger partial charge in [-0.05, 0) is 67.1 Å². The lowest BCUT2D eigenvalue weighted by Gasteiger charge is -2.10. The van der Waals surface area contributed by atoms with Crippen molar-refractivity contribution in [1.82, 2.24) is 0 Å². The van der Waals surface area contributed by atoms with Gasteiger partial charge in [-0.3, -0.25) is 9.52 Å². The Bertz CT molecular complexity index is 1480. The van der Waals surface area contributed by atoms with Gasteiger partial charge in [-0.1, -0.05) is 41.9 Å². The van der Waals surface area contributed by atoms with Gasteiger partial charge in [0.05, 0.1) is 17.2 Å². The zero-order valence-corrected chi connectivity index (χ0v) is 21.4. The normalized spacial score (nSPS) is 11.1. The van der Waals surface area contributed by atoms with E-state index in [0.717, 1.165) is 10.4 Å². The third-order valence-electron chi connectivity index (χ3n) is 5.02. The van der Waals surface area contributed by atoms with E-state index in [1.54, 1.807) is 13.0 Å². The number of benzene rings is 3. The van der Waals surface area contributed by atoms with Gasteiger partial charge in [0.2, 0.25) is 0 Å². The number of ether oxygens (including phenoxy) is 1. The van der Waals surface area contributed by atoms with Crippen LogP contribution < -0.4 is 10.0 Å². The van der Waals surface area contributed by atoms with Crippen molar-refractivity contribution in [1.29, 1.82) is 0 Å². The van der Waals surface area contributed by atoms with Crippen molar-refractivity contribution in [2.24, 2.45) is 0 Å². The number of hydrogen-bond donors (Lipinski definition) is 2. The van der Waals surface area contributed by atoms with Crippen LogP contribution in [0.5, 0.6) is 0 Å². The molecule has 1 amide bonds. The number of hydrogen-bond acceptors (Lipinski definition) is 6. The van der Waals surface area contributed by atoms with E-state index in [4.69, 9.17) is 16.3 Å². The first-order valence-electron chi connectivity index (χ1n) is 10.8. The van der Waals surface area contributed by atoms with Crippen LogP contribution in [0.15, 0.2) is 89.8 Å². The van der Waals surface area contributed by atoms with Gasteiger partial charge in [-0.2, -0.15) is 0 Å². The Balaban J connectivity index is 1.52. The highest BCUT2D eigenvalue weighted by Crippen LogP contribution is 2.35. The standard InChI is InChI=1S/C26H21ClN2O5S2/c1-2-34-26(31)24-22(16-23(35-24)17-6-4-3-5-7-17)28-25(30)18-8-12-20(13-9-18)29-36(32,33)21-14-10-19(27)11-15-21/h3-16,29H,2H2,1H3,(H,28,30). The Kier molecular flexibility index (Phi) is 7.73. The first-order chi connectivity index (χ1) is 17.3. The molecule has 184 valence electrons. The van der Waals surface area contributed by atoms with Gasteiger partial charge in [0.25, 0.3) is 15.9 Å². The number of amides is 1. The average Bonchev–Trinajstić information content (AvgIpc) is 3.29. The van der Waals surface area contributed by atoms with Crippen LogP contribution in [0.1, 0.15) is 27.0 Å². The maximum atomic E-state index is 12.9. The zero-order valence-electron chi connectivity index (χ0n) is 19.0. The highest BCUT2D eigenvalue weighted by molar-refractivity contribution is 7.92. The molecule has 0 fully saturated rings. The first kappa shape index (κ1) is 25.4. The van der Waals surface area contributed by atoms with Crippen molar-refractivity contribution in [3.8, 4) is 10.4 Å². The third-order valence-corrected chi connectivity index (χ3v) is 7.84. The van der Waals surface area contributed by atoms with Gasteiger partial charge < -0.3 is 10.1 Å². The van der Waals surface area contributed by atoms with E-state index in [-0.39, 0.29) is 27.6 Å². The molecule has 36 heavy (non-hydrogen) atoms. The van der Waals surface area contributed by atoms with Gasteiger partial charge >= 0.3 is 5.97 Å². The van der Waals surface area contributed by atoms with E-state index in [2.05, 4.69) is 10.0 Å². The summed E-state index contributed by atoms with van der Waals surface area (Å²) < 4.78 is 32.8. The molecular formula is C26H21ClN2O5S2. The fourth-order valence-electron chi connectivity index (χ4n) is 3.29. The number of esters is 1. The minimum absolute atomic E-state index is 0.0619. The lowest BCUT2D eigenvalue weighted by molar-refractivity contribution is 0.0533. The molecule has 1 aromatic heterocycles. The van der Waals surface area contributed by atoms with Crippen molar-refractivity contribution in [3.05, 3.63) is 100 Å². The van der Waals surface area contributed by atoms with Gasteiger partial charge in [0.1, 0.15) is 4.88 Å². The summed E-state index contributed by atoms with van der Waals surface area (Å²) in [6.07, 6.45) is 0. The molecule has 0 saturated carbocycles. The van der Waals surface area contributed by atoms with Gasteiger partial charge in [-0.25, -0.2) is 13.2 Å². The average molecular weight is 541 g/mol. The third kappa shape index (κ3) is 5.93. The maximum Gasteiger partial charge on any atom is 0.350 e. The predicted molar refractivity (Wildman–Crippen MR) is 142 cm³/mol. The second kappa shape index (κ2) is 10.9. The SMILES string of the molecule is CCOC(=O)c1sc(-c2ccccc2)cc1NC(=O)c1ccc(NS(=O)(=O)c2ccc(Cl)cc2)cc1. The molecule has 0 aliphatic carbocycles. The van der Waals surface area contributed by atoms with Crippen LogP contribution in [-0.4, -0.2) is 26.9 Å². The number of carbonyl (C=O) groups is 2. The molecule has 4 rings (SSSR count). The topological polar surface area (TPSA) is 102 Å². The summed E-state index contributed by atoms with van der Waals surface area (Å²) in [6.45, 7) is 1.92. The lowest BCUT2D eigenvalue weighted by atomic mass is 10.1. The molecule has 7 nitrogen and oxygen atoms in total. The van der Waals surface area contributed by atoms with Crippen molar-refractivity contribution >= 4 is 56.2 Å². The number of nitrogens with one attached hydrogen (secondary N) is 2. The molecule has 4 aromatic rings. The zero-order chi connectivity index (χ0) is 25.7. The van der Waals surface area contributed by atoms with Crippen LogP contribution in [-0.2, 0) is 14.8 Å². The molecule has 10 heteroatoms. The summed E-state index contributed by atoms with van der Waals surface area (Å²) in [5.74, 6) is -0.975. The van der Waals surface area contributed by atoms with Crippen molar-refractivity contribution in [3.63, 3.8) is 0 Å². The Hall–Kier alpha value is -3.66. The summed E-state index contributed by atoms with van der Waals surface area (Å²) in [5, 5.41) is 3.20.